The van der Waals surface area contributed by atoms with Gasteiger partial charge in [-0.3, -0.25) is 4.79 Å². The number of carbonyl (C=O) groups is 2. The SMILES string of the molecule is C=C[C@H](O)CSC[C@H](NC(C)=O)C(=O)O. The fourth-order valence-electron chi connectivity index (χ4n) is 0.795. The second kappa shape index (κ2) is 7.30. The molecule has 3 N–H and O–H groups in total. The number of carboxylic acid groups (broad SMARTS) is 1. The minimum Gasteiger partial charge on any atom is -0.480 e. The van der Waals surface area contributed by atoms with Gasteiger partial charge in [0.1, 0.15) is 6.04 Å². The zero-order valence-corrected chi connectivity index (χ0v) is 9.29. The minimum atomic E-state index is -1.08. The molecule has 0 aromatic heterocycles. The molecular weight excluding hydrogens is 218 g/mol. The van der Waals surface area contributed by atoms with Crippen LogP contribution in [-0.2, 0) is 9.59 Å². The predicted octanol–water partition coefficient (Wildman–Crippen LogP) is -0.144. The highest BCUT2D eigenvalue weighted by atomic mass is 32.2. The summed E-state index contributed by atoms with van der Waals surface area (Å²) >= 11 is 1.25. The topological polar surface area (TPSA) is 86.6 Å². The fraction of sp³-hybridized carbons (Fsp3) is 0.556. The van der Waals surface area contributed by atoms with Gasteiger partial charge in [-0.2, -0.15) is 11.8 Å². The van der Waals surface area contributed by atoms with Gasteiger partial charge in [0, 0.05) is 18.4 Å². The Morgan fingerprint density at radius 3 is 2.53 bits per heavy atom. The van der Waals surface area contributed by atoms with Crippen molar-refractivity contribution in [2.75, 3.05) is 11.5 Å². The fourth-order valence-corrected chi connectivity index (χ4v) is 1.77. The summed E-state index contributed by atoms with van der Waals surface area (Å²) in [7, 11) is 0. The van der Waals surface area contributed by atoms with E-state index in [1.807, 2.05) is 0 Å². The average Bonchev–Trinajstić information content (AvgIpc) is 2.15. The van der Waals surface area contributed by atoms with Gasteiger partial charge in [0.2, 0.25) is 5.91 Å². The van der Waals surface area contributed by atoms with Gasteiger partial charge >= 0.3 is 5.97 Å². The maximum atomic E-state index is 10.7. The van der Waals surface area contributed by atoms with Crippen LogP contribution in [0, 0.1) is 0 Å². The van der Waals surface area contributed by atoms with Gasteiger partial charge in [-0.25, -0.2) is 4.79 Å². The van der Waals surface area contributed by atoms with Crippen molar-refractivity contribution in [2.24, 2.45) is 0 Å². The number of hydrogen-bond acceptors (Lipinski definition) is 4. The molecule has 0 aromatic rings. The van der Waals surface area contributed by atoms with E-state index in [1.54, 1.807) is 0 Å². The maximum Gasteiger partial charge on any atom is 0.327 e. The van der Waals surface area contributed by atoms with Crippen molar-refractivity contribution in [3.8, 4) is 0 Å². The van der Waals surface area contributed by atoms with Crippen LogP contribution in [0.4, 0.5) is 0 Å². The Kier molecular flexibility index (Phi) is 6.81. The van der Waals surface area contributed by atoms with Crippen LogP contribution in [0.25, 0.3) is 0 Å². The van der Waals surface area contributed by atoms with Crippen molar-refractivity contribution in [2.45, 2.75) is 19.1 Å². The number of amides is 1. The second-order valence-electron chi connectivity index (χ2n) is 2.93. The Bertz CT molecular complexity index is 244. The number of hydrogen-bond donors (Lipinski definition) is 3. The van der Waals surface area contributed by atoms with Crippen molar-refractivity contribution in [3.05, 3.63) is 12.7 Å². The second-order valence-corrected chi connectivity index (χ2v) is 4.01. The molecule has 6 heteroatoms. The lowest BCUT2D eigenvalue weighted by molar-refractivity contribution is -0.140. The molecular formula is C9H15NO4S. The zero-order valence-electron chi connectivity index (χ0n) is 8.47. The molecule has 0 fully saturated rings. The Morgan fingerprint density at radius 2 is 2.13 bits per heavy atom. The number of rotatable bonds is 7. The Balaban J connectivity index is 3.91. The monoisotopic (exact) mass is 233 g/mol. The summed E-state index contributed by atoms with van der Waals surface area (Å²) in [5.74, 6) is -0.870. The number of thioether (sulfide) groups is 1. The highest BCUT2D eigenvalue weighted by Crippen LogP contribution is 2.06. The summed E-state index contributed by atoms with van der Waals surface area (Å²) in [5, 5.41) is 20.2. The van der Waals surface area contributed by atoms with E-state index in [9.17, 15) is 9.59 Å². The number of aliphatic hydroxyl groups excluding tert-OH is 1. The van der Waals surface area contributed by atoms with Crippen LogP contribution < -0.4 is 5.32 Å². The molecule has 0 radical (unpaired) electrons. The highest BCUT2D eigenvalue weighted by molar-refractivity contribution is 7.99. The number of aliphatic hydroxyl groups is 1. The minimum absolute atomic E-state index is 0.222. The van der Waals surface area contributed by atoms with Crippen molar-refractivity contribution in [1.29, 1.82) is 0 Å². The average molecular weight is 233 g/mol. The smallest absolute Gasteiger partial charge is 0.327 e. The van der Waals surface area contributed by atoms with Crippen LogP contribution in [-0.4, -0.2) is 45.7 Å². The third-order valence-electron chi connectivity index (χ3n) is 1.52. The lowest BCUT2D eigenvalue weighted by Crippen LogP contribution is -2.41. The van der Waals surface area contributed by atoms with Crippen LogP contribution in [0.1, 0.15) is 6.92 Å². The first-order valence-electron chi connectivity index (χ1n) is 4.35. The molecule has 0 unspecified atom stereocenters. The first-order valence-corrected chi connectivity index (χ1v) is 5.51. The number of carboxylic acids is 1. The Hall–Kier alpha value is -1.01. The standard InChI is InChI=1S/C9H15NO4S/c1-3-7(12)4-15-5-8(9(13)14)10-6(2)11/h3,7-8,12H,1,4-5H2,2H3,(H,10,11)(H,13,14)/t7-,8-/m0/s1. The van der Waals surface area contributed by atoms with Crippen molar-refractivity contribution in [1.82, 2.24) is 5.32 Å². The van der Waals surface area contributed by atoms with E-state index in [2.05, 4.69) is 11.9 Å². The van der Waals surface area contributed by atoms with Crippen LogP contribution in [0.5, 0.6) is 0 Å². The lowest BCUT2D eigenvalue weighted by Gasteiger charge is -2.13. The van der Waals surface area contributed by atoms with Gasteiger partial charge in [0.15, 0.2) is 0 Å². The van der Waals surface area contributed by atoms with E-state index >= 15 is 0 Å². The highest BCUT2D eigenvalue weighted by Gasteiger charge is 2.18. The van der Waals surface area contributed by atoms with Gasteiger partial charge in [-0.15, -0.1) is 6.58 Å². The van der Waals surface area contributed by atoms with Gasteiger partial charge in [0.25, 0.3) is 0 Å². The Labute approximate surface area is 92.6 Å². The molecule has 0 aromatic carbocycles. The lowest BCUT2D eigenvalue weighted by atomic mass is 10.3. The van der Waals surface area contributed by atoms with Crippen molar-refractivity contribution in [3.63, 3.8) is 0 Å². The van der Waals surface area contributed by atoms with Crippen LogP contribution in [0.15, 0.2) is 12.7 Å². The maximum absolute atomic E-state index is 10.7. The largest absolute Gasteiger partial charge is 0.480 e. The molecule has 0 bridgehead atoms. The quantitative estimate of drug-likeness (QED) is 0.533. The molecule has 15 heavy (non-hydrogen) atoms. The summed E-state index contributed by atoms with van der Waals surface area (Å²) in [5.41, 5.74) is 0. The van der Waals surface area contributed by atoms with Gasteiger partial charge in [-0.1, -0.05) is 6.08 Å². The molecule has 2 atom stereocenters. The molecule has 0 aliphatic rings. The van der Waals surface area contributed by atoms with Crippen molar-refractivity contribution < 1.29 is 19.8 Å². The van der Waals surface area contributed by atoms with E-state index in [0.717, 1.165) is 0 Å². The van der Waals surface area contributed by atoms with Gasteiger partial charge in [-0.05, 0) is 0 Å². The molecule has 0 aliphatic carbocycles. The molecule has 0 heterocycles. The summed E-state index contributed by atoms with van der Waals surface area (Å²) in [6.45, 7) is 4.66. The molecule has 1 amide bonds. The van der Waals surface area contributed by atoms with E-state index in [4.69, 9.17) is 10.2 Å². The third-order valence-corrected chi connectivity index (χ3v) is 2.67. The first-order chi connectivity index (χ1) is 6.97. The molecule has 5 nitrogen and oxygen atoms in total. The molecule has 0 spiro atoms. The molecule has 0 aliphatic heterocycles. The number of aliphatic carboxylic acids is 1. The zero-order chi connectivity index (χ0) is 11.8. The summed E-state index contributed by atoms with van der Waals surface area (Å²) in [6, 6.07) is -0.912. The van der Waals surface area contributed by atoms with E-state index in [0.29, 0.717) is 5.75 Å². The van der Waals surface area contributed by atoms with E-state index in [-0.39, 0.29) is 11.7 Å². The normalized spacial score (nSPS) is 14.0. The van der Waals surface area contributed by atoms with Crippen LogP contribution >= 0.6 is 11.8 Å². The van der Waals surface area contributed by atoms with E-state index < -0.39 is 18.1 Å². The van der Waals surface area contributed by atoms with E-state index in [1.165, 1.54) is 24.8 Å². The van der Waals surface area contributed by atoms with Gasteiger partial charge < -0.3 is 15.5 Å². The van der Waals surface area contributed by atoms with Crippen molar-refractivity contribution >= 4 is 23.6 Å². The molecule has 86 valence electrons. The summed E-state index contributed by atoms with van der Waals surface area (Å²) in [6.07, 6.45) is 0.725. The van der Waals surface area contributed by atoms with Gasteiger partial charge in [0.05, 0.1) is 6.10 Å². The number of nitrogens with one attached hydrogen (secondary N) is 1. The van der Waals surface area contributed by atoms with Crippen LogP contribution in [0.2, 0.25) is 0 Å². The molecule has 0 saturated carbocycles. The Morgan fingerprint density at radius 1 is 1.53 bits per heavy atom. The third kappa shape index (κ3) is 6.98. The van der Waals surface area contributed by atoms with Crippen LogP contribution in [0.3, 0.4) is 0 Å². The summed E-state index contributed by atoms with van der Waals surface area (Å²) < 4.78 is 0. The number of carbonyl (C=O) groups excluding carboxylic acids is 1. The molecule has 0 rings (SSSR count). The summed E-state index contributed by atoms with van der Waals surface area (Å²) in [4.78, 5) is 21.3. The first kappa shape index (κ1) is 14.0. The molecule has 0 saturated heterocycles. The predicted molar refractivity (Wildman–Crippen MR) is 58.8 cm³/mol.